The first-order chi connectivity index (χ1) is 6.52. The van der Waals surface area contributed by atoms with E-state index in [2.05, 4.69) is 13.8 Å². The maximum atomic E-state index is 13.5. The minimum absolute atomic E-state index is 0.203. The van der Waals surface area contributed by atoms with Gasteiger partial charge in [0, 0.05) is 21.8 Å². The van der Waals surface area contributed by atoms with Crippen molar-refractivity contribution in [1.29, 1.82) is 0 Å². The minimum Gasteiger partial charge on any atom is -0.324 e. The van der Waals surface area contributed by atoms with Crippen molar-refractivity contribution < 1.29 is 4.39 Å². The van der Waals surface area contributed by atoms with Crippen molar-refractivity contribution in [2.75, 3.05) is 0 Å². The third-order valence-corrected chi connectivity index (χ3v) is 2.91. The SMILES string of the molecule is CC(C)Sc1cccc(F)c1[C@@H](C)N. The highest BCUT2D eigenvalue weighted by molar-refractivity contribution is 8.00. The summed E-state index contributed by atoms with van der Waals surface area (Å²) < 4.78 is 13.5. The number of rotatable bonds is 3. The second-order valence-corrected chi connectivity index (χ2v) is 5.23. The maximum absolute atomic E-state index is 13.5. The van der Waals surface area contributed by atoms with E-state index >= 15 is 0 Å². The van der Waals surface area contributed by atoms with Gasteiger partial charge in [-0.25, -0.2) is 4.39 Å². The monoisotopic (exact) mass is 213 g/mol. The lowest BCUT2D eigenvalue weighted by Gasteiger charge is -2.14. The highest BCUT2D eigenvalue weighted by Gasteiger charge is 2.13. The largest absolute Gasteiger partial charge is 0.324 e. The molecule has 14 heavy (non-hydrogen) atoms. The molecule has 0 aliphatic rings. The fourth-order valence-corrected chi connectivity index (χ4v) is 2.39. The van der Waals surface area contributed by atoms with Crippen LogP contribution in [0.25, 0.3) is 0 Å². The van der Waals surface area contributed by atoms with E-state index in [9.17, 15) is 4.39 Å². The summed E-state index contributed by atoms with van der Waals surface area (Å²) in [6.07, 6.45) is 0. The molecule has 0 amide bonds. The number of benzene rings is 1. The van der Waals surface area contributed by atoms with E-state index in [1.165, 1.54) is 6.07 Å². The molecule has 0 bridgehead atoms. The molecule has 0 fully saturated rings. The Balaban J connectivity index is 3.08. The Kier molecular flexibility index (Phi) is 3.96. The van der Waals surface area contributed by atoms with Crippen LogP contribution in [0.5, 0.6) is 0 Å². The summed E-state index contributed by atoms with van der Waals surface area (Å²) in [5.74, 6) is -0.203. The lowest BCUT2D eigenvalue weighted by molar-refractivity contribution is 0.585. The van der Waals surface area contributed by atoms with Gasteiger partial charge in [-0.1, -0.05) is 19.9 Å². The molecule has 0 aromatic heterocycles. The topological polar surface area (TPSA) is 26.0 Å². The van der Waals surface area contributed by atoms with Crippen LogP contribution in [-0.2, 0) is 0 Å². The molecule has 2 N–H and O–H groups in total. The van der Waals surface area contributed by atoms with Crippen molar-refractivity contribution in [2.24, 2.45) is 5.73 Å². The van der Waals surface area contributed by atoms with Crippen LogP contribution >= 0.6 is 11.8 Å². The summed E-state index contributed by atoms with van der Waals surface area (Å²) in [6, 6.07) is 4.86. The zero-order chi connectivity index (χ0) is 10.7. The van der Waals surface area contributed by atoms with Crippen molar-refractivity contribution >= 4 is 11.8 Å². The smallest absolute Gasteiger partial charge is 0.129 e. The number of hydrogen-bond donors (Lipinski definition) is 1. The normalized spacial score (nSPS) is 13.3. The van der Waals surface area contributed by atoms with Gasteiger partial charge in [0.05, 0.1) is 0 Å². The van der Waals surface area contributed by atoms with Crippen molar-refractivity contribution in [2.45, 2.75) is 37.0 Å². The van der Waals surface area contributed by atoms with Gasteiger partial charge in [0.25, 0.3) is 0 Å². The molecule has 0 spiro atoms. The molecular formula is C11H16FNS. The molecule has 0 radical (unpaired) electrons. The highest BCUT2D eigenvalue weighted by atomic mass is 32.2. The Morgan fingerprint density at radius 2 is 1.93 bits per heavy atom. The summed E-state index contributed by atoms with van der Waals surface area (Å²) >= 11 is 1.65. The molecule has 1 rings (SSSR count). The summed E-state index contributed by atoms with van der Waals surface area (Å²) in [4.78, 5) is 0.954. The predicted molar refractivity (Wildman–Crippen MR) is 60.0 cm³/mol. The van der Waals surface area contributed by atoms with Gasteiger partial charge >= 0.3 is 0 Å². The van der Waals surface area contributed by atoms with E-state index < -0.39 is 0 Å². The van der Waals surface area contributed by atoms with E-state index in [1.807, 2.05) is 13.0 Å². The van der Waals surface area contributed by atoms with Gasteiger partial charge in [-0.15, -0.1) is 11.8 Å². The lowest BCUT2D eigenvalue weighted by Crippen LogP contribution is -2.09. The standard InChI is InChI=1S/C11H16FNS/c1-7(2)14-10-6-4-5-9(12)11(10)8(3)13/h4-8H,13H2,1-3H3/t8-/m1/s1. The Labute approximate surface area is 88.9 Å². The van der Waals surface area contributed by atoms with Crippen LogP contribution in [0.4, 0.5) is 4.39 Å². The van der Waals surface area contributed by atoms with Crippen LogP contribution in [0, 0.1) is 5.82 Å². The number of thioether (sulfide) groups is 1. The van der Waals surface area contributed by atoms with Crippen LogP contribution in [0.3, 0.4) is 0 Å². The van der Waals surface area contributed by atoms with Crippen LogP contribution in [0.2, 0.25) is 0 Å². The first kappa shape index (κ1) is 11.5. The minimum atomic E-state index is -0.252. The van der Waals surface area contributed by atoms with E-state index in [0.717, 1.165) is 4.90 Å². The predicted octanol–water partition coefficient (Wildman–Crippen LogP) is 3.35. The molecule has 0 saturated heterocycles. The third kappa shape index (κ3) is 2.72. The van der Waals surface area contributed by atoms with Gasteiger partial charge in [0.15, 0.2) is 0 Å². The molecular weight excluding hydrogens is 197 g/mol. The molecule has 0 heterocycles. The average molecular weight is 213 g/mol. The molecule has 0 aliphatic carbocycles. The third-order valence-electron chi connectivity index (χ3n) is 1.83. The first-order valence-corrected chi connectivity index (χ1v) is 5.61. The van der Waals surface area contributed by atoms with Crippen LogP contribution in [0.1, 0.15) is 32.4 Å². The zero-order valence-electron chi connectivity index (χ0n) is 8.75. The molecule has 0 unspecified atom stereocenters. The van der Waals surface area contributed by atoms with Crippen LogP contribution in [-0.4, -0.2) is 5.25 Å². The summed E-state index contributed by atoms with van der Waals surface area (Å²) in [7, 11) is 0. The summed E-state index contributed by atoms with van der Waals surface area (Å²) in [5, 5.41) is 0.439. The average Bonchev–Trinajstić information content (AvgIpc) is 2.01. The highest BCUT2D eigenvalue weighted by Crippen LogP contribution is 2.31. The van der Waals surface area contributed by atoms with Crippen molar-refractivity contribution in [3.05, 3.63) is 29.6 Å². The molecule has 1 aromatic carbocycles. The second-order valence-electron chi connectivity index (χ2n) is 3.61. The van der Waals surface area contributed by atoms with E-state index in [0.29, 0.717) is 10.8 Å². The molecule has 0 aliphatic heterocycles. The quantitative estimate of drug-likeness (QED) is 0.779. The zero-order valence-corrected chi connectivity index (χ0v) is 9.57. The summed E-state index contributed by atoms with van der Waals surface area (Å²) in [6.45, 7) is 5.98. The molecule has 3 heteroatoms. The number of halogens is 1. The van der Waals surface area contributed by atoms with Gasteiger partial charge in [-0.3, -0.25) is 0 Å². The Bertz CT molecular complexity index is 310. The number of nitrogens with two attached hydrogens (primary N) is 1. The van der Waals surface area contributed by atoms with Crippen LogP contribution < -0.4 is 5.73 Å². The Morgan fingerprint density at radius 3 is 2.43 bits per heavy atom. The fraction of sp³-hybridized carbons (Fsp3) is 0.455. The summed E-state index contributed by atoms with van der Waals surface area (Å²) in [5.41, 5.74) is 6.37. The van der Waals surface area contributed by atoms with E-state index in [-0.39, 0.29) is 11.9 Å². The van der Waals surface area contributed by atoms with Crippen molar-refractivity contribution in [3.8, 4) is 0 Å². The molecule has 78 valence electrons. The van der Waals surface area contributed by atoms with Crippen molar-refractivity contribution in [3.63, 3.8) is 0 Å². The lowest BCUT2D eigenvalue weighted by atomic mass is 10.1. The Hall–Kier alpha value is -0.540. The van der Waals surface area contributed by atoms with E-state index in [1.54, 1.807) is 17.8 Å². The first-order valence-electron chi connectivity index (χ1n) is 4.73. The van der Waals surface area contributed by atoms with Gasteiger partial charge in [-0.05, 0) is 19.1 Å². The molecule has 1 atom stereocenters. The van der Waals surface area contributed by atoms with Crippen LogP contribution in [0.15, 0.2) is 23.1 Å². The van der Waals surface area contributed by atoms with Gasteiger partial charge in [-0.2, -0.15) is 0 Å². The second kappa shape index (κ2) is 4.80. The molecule has 1 aromatic rings. The maximum Gasteiger partial charge on any atom is 0.129 e. The van der Waals surface area contributed by atoms with E-state index in [4.69, 9.17) is 5.73 Å². The van der Waals surface area contributed by atoms with Gasteiger partial charge in [0.1, 0.15) is 5.82 Å². The van der Waals surface area contributed by atoms with Crippen molar-refractivity contribution in [1.82, 2.24) is 0 Å². The van der Waals surface area contributed by atoms with Gasteiger partial charge < -0.3 is 5.73 Å². The number of hydrogen-bond acceptors (Lipinski definition) is 2. The Morgan fingerprint density at radius 1 is 1.29 bits per heavy atom. The molecule has 0 saturated carbocycles. The fourth-order valence-electron chi connectivity index (χ4n) is 1.32. The van der Waals surface area contributed by atoms with Gasteiger partial charge in [0.2, 0.25) is 0 Å². The molecule has 1 nitrogen and oxygen atoms in total.